The van der Waals surface area contributed by atoms with Crippen LogP contribution in [0.1, 0.15) is 12.1 Å². The highest BCUT2D eigenvalue weighted by molar-refractivity contribution is 5.18. The Morgan fingerprint density at radius 3 is 2.77 bits per heavy atom. The van der Waals surface area contributed by atoms with Crippen molar-refractivity contribution < 1.29 is 9.47 Å². The summed E-state index contributed by atoms with van der Waals surface area (Å²) in [7, 11) is 1.69. The molecule has 1 aromatic heterocycles. The summed E-state index contributed by atoms with van der Waals surface area (Å²) in [6.45, 7) is 3.37. The quantitative estimate of drug-likeness (QED) is 0.649. The maximum Gasteiger partial charge on any atom is 0.137 e. The molecule has 0 fully saturated rings. The Kier molecular flexibility index (Phi) is 4.26. The van der Waals surface area contributed by atoms with Crippen LogP contribution in [0, 0.1) is 6.92 Å². The van der Waals surface area contributed by atoms with Gasteiger partial charge in [-0.05, 0) is 19.1 Å². The fourth-order valence-corrected chi connectivity index (χ4v) is 0.933. The largest absolute Gasteiger partial charge is 0.492 e. The molecule has 0 atom stereocenters. The van der Waals surface area contributed by atoms with E-state index in [4.69, 9.17) is 9.47 Å². The molecule has 0 saturated heterocycles. The lowest BCUT2D eigenvalue weighted by Gasteiger charge is -2.04. The van der Waals surface area contributed by atoms with Gasteiger partial charge in [0.05, 0.1) is 12.8 Å². The van der Waals surface area contributed by atoms with Gasteiger partial charge in [0, 0.05) is 25.8 Å². The van der Waals surface area contributed by atoms with Gasteiger partial charge in [0.2, 0.25) is 0 Å². The van der Waals surface area contributed by atoms with Gasteiger partial charge in [-0.15, -0.1) is 0 Å². The van der Waals surface area contributed by atoms with Crippen molar-refractivity contribution in [1.82, 2.24) is 4.98 Å². The third-order valence-corrected chi connectivity index (χ3v) is 1.65. The number of rotatable bonds is 5. The van der Waals surface area contributed by atoms with Crippen LogP contribution in [-0.2, 0) is 4.74 Å². The minimum atomic E-state index is 0.679. The number of nitrogens with zero attached hydrogens (tertiary/aromatic N) is 1. The van der Waals surface area contributed by atoms with Crippen LogP contribution >= 0.6 is 0 Å². The van der Waals surface area contributed by atoms with E-state index in [9.17, 15) is 0 Å². The van der Waals surface area contributed by atoms with E-state index in [0.29, 0.717) is 6.61 Å². The zero-order valence-electron chi connectivity index (χ0n) is 8.12. The van der Waals surface area contributed by atoms with E-state index >= 15 is 0 Å². The standard InChI is InChI=1S/C10H15NO2/c1-9-4-5-10(8-11-9)13-7-3-6-12-2/h4-5,8H,3,6-7H2,1-2H3. The summed E-state index contributed by atoms with van der Waals surface area (Å²) in [5.41, 5.74) is 1.00. The van der Waals surface area contributed by atoms with Gasteiger partial charge in [0.25, 0.3) is 0 Å². The van der Waals surface area contributed by atoms with E-state index in [-0.39, 0.29) is 0 Å². The van der Waals surface area contributed by atoms with Crippen LogP contribution in [0.15, 0.2) is 18.3 Å². The predicted octanol–water partition coefficient (Wildman–Crippen LogP) is 1.81. The van der Waals surface area contributed by atoms with Gasteiger partial charge in [0.1, 0.15) is 5.75 Å². The van der Waals surface area contributed by atoms with Gasteiger partial charge >= 0.3 is 0 Å². The topological polar surface area (TPSA) is 31.4 Å². The molecular formula is C10H15NO2. The molecule has 0 N–H and O–H groups in total. The second-order valence-corrected chi connectivity index (χ2v) is 2.83. The third-order valence-electron chi connectivity index (χ3n) is 1.65. The summed E-state index contributed by atoms with van der Waals surface area (Å²) < 4.78 is 10.3. The number of pyridine rings is 1. The van der Waals surface area contributed by atoms with Crippen molar-refractivity contribution in [1.29, 1.82) is 0 Å². The summed E-state index contributed by atoms with van der Waals surface area (Å²) in [4.78, 5) is 4.12. The van der Waals surface area contributed by atoms with Gasteiger partial charge in [-0.25, -0.2) is 0 Å². The molecule has 3 nitrogen and oxygen atoms in total. The number of ether oxygens (including phenoxy) is 2. The number of aromatic nitrogens is 1. The molecule has 0 radical (unpaired) electrons. The Morgan fingerprint density at radius 1 is 1.31 bits per heavy atom. The van der Waals surface area contributed by atoms with E-state index in [2.05, 4.69) is 4.98 Å². The van der Waals surface area contributed by atoms with Crippen molar-refractivity contribution in [3.8, 4) is 5.75 Å². The molecule has 0 aliphatic carbocycles. The second kappa shape index (κ2) is 5.54. The molecule has 13 heavy (non-hydrogen) atoms. The van der Waals surface area contributed by atoms with Crippen LogP contribution in [0.25, 0.3) is 0 Å². The Morgan fingerprint density at radius 2 is 2.15 bits per heavy atom. The van der Waals surface area contributed by atoms with Crippen LogP contribution < -0.4 is 4.74 Å². The molecular weight excluding hydrogens is 166 g/mol. The first-order chi connectivity index (χ1) is 6.33. The first kappa shape index (κ1) is 9.99. The van der Waals surface area contributed by atoms with E-state index < -0.39 is 0 Å². The number of hydrogen-bond acceptors (Lipinski definition) is 3. The normalized spacial score (nSPS) is 10.0. The SMILES string of the molecule is COCCCOc1ccc(C)nc1. The third kappa shape index (κ3) is 3.90. The summed E-state index contributed by atoms with van der Waals surface area (Å²) >= 11 is 0. The molecule has 0 spiro atoms. The molecule has 0 aliphatic heterocycles. The molecule has 0 aromatic carbocycles. The molecule has 72 valence electrons. The van der Waals surface area contributed by atoms with Crippen molar-refractivity contribution in [3.63, 3.8) is 0 Å². The van der Waals surface area contributed by atoms with Crippen molar-refractivity contribution in [2.45, 2.75) is 13.3 Å². The summed E-state index contributed by atoms with van der Waals surface area (Å²) in [6, 6.07) is 3.86. The molecule has 1 heterocycles. The van der Waals surface area contributed by atoms with Crippen molar-refractivity contribution in [3.05, 3.63) is 24.0 Å². The van der Waals surface area contributed by atoms with Crippen LogP contribution in [0.5, 0.6) is 5.75 Å². The van der Waals surface area contributed by atoms with Gasteiger partial charge in [-0.3, -0.25) is 4.98 Å². The fraction of sp³-hybridized carbons (Fsp3) is 0.500. The van der Waals surface area contributed by atoms with Crippen molar-refractivity contribution in [2.24, 2.45) is 0 Å². The smallest absolute Gasteiger partial charge is 0.137 e. The van der Waals surface area contributed by atoms with Gasteiger partial charge < -0.3 is 9.47 Å². The summed E-state index contributed by atoms with van der Waals surface area (Å²) in [6.07, 6.45) is 2.65. The zero-order chi connectivity index (χ0) is 9.52. The second-order valence-electron chi connectivity index (χ2n) is 2.83. The lowest BCUT2D eigenvalue weighted by atomic mass is 10.4. The lowest BCUT2D eigenvalue weighted by Crippen LogP contribution is -2.01. The average Bonchev–Trinajstić information content (AvgIpc) is 2.15. The molecule has 0 unspecified atom stereocenters. The van der Waals surface area contributed by atoms with Gasteiger partial charge in [-0.2, -0.15) is 0 Å². The predicted molar refractivity (Wildman–Crippen MR) is 51.0 cm³/mol. The number of aryl methyl sites for hydroxylation is 1. The summed E-state index contributed by atoms with van der Waals surface area (Å²) in [5.74, 6) is 0.821. The summed E-state index contributed by atoms with van der Waals surface area (Å²) in [5, 5.41) is 0. The Balaban J connectivity index is 2.25. The van der Waals surface area contributed by atoms with Gasteiger partial charge in [0.15, 0.2) is 0 Å². The average molecular weight is 181 g/mol. The number of methoxy groups -OCH3 is 1. The molecule has 1 aromatic rings. The molecule has 0 amide bonds. The highest BCUT2D eigenvalue weighted by atomic mass is 16.5. The van der Waals surface area contributed by atoms with E-state index in [1.807, 2.05) is 19.1 Å². The molecule has 0 aliphatic rings. The minimum Gasteiger partial charge on any atom is -0.492 e. The maximum absolute atomic E-state index is 5.42. The number of hydrogen-bond donors (Lipinski definition) is 0. The van der Waals surface area contributed by atoms with Crippen LogP contribution in [0.2, 0.25) is 0 Å². The van der Waals surface area contributed by atoms with Crippen LogP contribution in [0.4, 0.5) is 0 Å². The first-order valence-electron chi connectivity index (χ1n) is 4.37. The monoisotopic (exact) mass is 181 g/mol. The van der Waals surface area contributed by atoms with Gasteiger partial charge in [-0.1, -0.05) is 0 Å². The highest BCUT2D eigenvalue weighted by Crippen LogP contribution is 2.08. The van der Waals surface area contributed by atoms with Crippen LogP contribution in [0.3, 0.4) is 0 Å². The van der Waals surface area contributed by atoms with Crippen LogP contribution in [-0.4, -0.2) is 25.3 Å². The van der Waals surface area contributed by atoms with E-state index in [0.717, 1.165) is 24.5 Å². The Bertz CT molecular complexity index is 233. The van der Waals surface area contributed by atoms with E-state index in [1.165, 1.54) is 0 Å². The Hall–Kier alpha value is -1.09. The minimum absolute atomic E-state index is 0.679. The van der Waals surface area contributed by atoms with Crippen molar-refractivity contribution >= 4 is 0 Å². The zero-order valence-corrected chi connectivity index (χ0v) is 8.12. The molecule has 1 rings (SSSR count). The highest BCUT2D eigenvalue weighted by Gasteiger charge is 1.93. The lowest BCUT2D eigenvalue weighted by molar-refractivity contribution is 0.172. The van der Waals surface area contributed by atoms with Crippen molar-refractivity contribution in [2.75, 3.05) is 20.3 Å². The Labute approximate surface area is 78.7 Å². The first-order valence-corrected chi connectivity index (χ1v) is 4.37. The molecule has 0 saturated carbocycles. The van der Waals surface area contributed by atoms with E-state index in [1.54, 1.807) is 13.3 Å². The fourth-order valence-electron chi connectivity index (χ4n) is 0.933. The molecule has 3 heteroatoms. The maximum atomic E-state index is 5.42. The molecule has 0 bridgehead atoms.